The van der Waals surface area contributed by atoms with Gasteiger partial charge in [-0.05, 0) is 34.4 Å². The number of ether oxygens (including phenoxy) is 6. The molecule has 0 bridgehead atoms. The molecule has 0 saturated carbocycles. The molecule has 62 heavy (non-hydrogen) atoms. The average Bonchev–Trinajstić information content (AvgIpc) is 3.62. The van der Waals surface area contributed by atoms with Crippen LogP contribution in [0, 0.1) is 0 Å². The first-order chi connectivity index (χ1) is 30.1. The molecule has 2 saturated heterocycles. The molecule has 5 aromatic rings. The molecule has 2 fully saturated rings. The predicted octanol–water partition coefficient (Wildman–Crippen LogP) is 5.85. The van der Waals surface area contributed by atoms with Gasteiger partial charge in [0.05, 0.1) is 18.6 Å². The smallest absolute Gasteiger partial charge is 0.408 e. The van der Waals surface area contributed by atoms with Crippen LogP contribution in [-0.4, -0.2) is 85.4 Å². The lowest BCUT2D eigenvalue weighted by Crippen LogP contribution is -2.68. The van der Waals surface area contributed by atoms with Gasteiger partial charge in [0, 0.05) is 24.0 Å². The molecule has 316 valence electrons. The molecule has 1 aliphatic carbocycles. The number of benzene rings is 5. The maximum atomic E-state index is 14.3. The summed E-state index contributed by atoms with van der Waals surface area (Å²) in [5.41, 5.74) is 4.92. The highest BCUT2D eigenvalue weighted by Crippen LogP contribution is 2.44. The van der Waals surface area contributed by atoms with Crippen LogP contribution in [0.15, 0.2) is 140 Å². The van der Waals surface area contributed by atoms with Gasteiger partial charge in [-0.3, -0.25) is 14.4 Å². The Balaban J connectivity index is 1.06. The molecule has 14 heteroatoms. The first-order valence-corrected chi connectivity index (χ1v) is 20.1. The highest BCUT2D eigenvalue weighted by atomic mass is 16.8. The monoisotopic (exact) mass is 838 g/mol. The SMILES string of the molecule is CC(=O)NC1C(OC(=O)C(NC(=O)OCC2c3ccccc3-c3ccccc32)C(=O)CC(=O)c2ccccc2)OC2COC(c3ccccc3)OC2C1OC(=O)c1ccccc1. The Labute approximate surface area is 356 Å². The molecule has 0 radical (unpaired) electrons. The van der Waals surface area contributed by atoms with Crippen molar-refractivity contribution < 1.29 is 57.2 Å². The Morgan fingerprint density at radius 3 is 1.90 bits per heavy atom. The van der Waals surface area contributed by atoms with E-state index in [0.29, 0.717) is 5.56 Å². The molecule has 7 unspecified atom stereocenters. The normalized spacial score (nSPS) is 21.8. The number of esters is 2. The highest BCUT2D eigenvalue weighted by molar-refractivity contribution is 6.15. The summed E-state index contributed by atoms with van der Waals surface area (Å²) in [7, 11) is 0. The standard InChI is InChI=1S/C48H42N2O12/c1-28(51)49-41-43(60-44(54)30-17-7-3-8-18-30)42-39(27-57-46(61-42)31-19-9-4-10-20-31)59-47(41)62-45(55)40(38(53)25-37(52)29-15-5-2-6-16-29)50-48(56)58-26-36-34-23-13-11-21-32(34)33-22-12-14-24-35(33)36/h2-24,36,39-43,46-47H,25-27H2,1H3,(H,49,51)(H,50,56). The van der Waals surface area contributed by atoms with Gasteiger partial charge < -0.3 is 39.1 Å². The molecule has 2 N–H and O–H groups in total. The number of Topliss-reactive ketones (excluding diaryl/α,β-unsaturated/α-hetero) is 2. The first-order valence-electron chi connectivity index (χ1n) is 20.1. The predicted molar refractivity (Wildman–Crippen MR) is 220 cm³/mol. The lowest BCUT2D eigenvalue weighted by Gasteiger charge is -2.48. The van der Waals surface area contributed by atoms with Crippen LogP contribution in [0.5, 0.6) is 0 Å². The quantitative estimate of drug-likeness (QED) is 0.0626. The summed E-state index contributed by atoms with van der Waals surface area (Å²) in [5.74, 6) is -4.68. The molecule has 7 atom stereocenters. The number of hydrogen-bond donors (Lipinski definition) is 2. The number of ketones is 2. The molecule has 3 aliphatic rings. The van der Waals surface area contributed by atoms with Crippen LogP contribution in [0.25, 0.3) is 11.1 Å². The zero-order valence-corrected chi connectivity index (χ0v) is 33.4. The summed E-state index contributed by atoms with van der Waals surface area (Å²) in [6, 6.07) is 37.1. The third-order valence-electron chi connectivity index (χ3n) is 10.9. The summed E-state index contributed by atoms with van der Waals surface area (Å²) in [5, 5.41) is 4.99. The van der Waals surface area contributed by atoms with Gasteiger partial charge in [-0.1, -0.05) is 127 Å². The van der Waals surface area contributed by atoms with Crippen molar-refractivity contribution in [3.63, 3.8) is 0 Å². The molecule has 8 rings (SSSR count). The molecule has 2 amide bonds. The fraction of sp³-hybridized carbons (Fsp3) is 0.250. The second-order valence-electron chi connectivity index (χ2n) is 15.0. The Kier molecular flexibility index (Phi) is 12.6. The number of hydrogen-bond acceptors (Lipinski definition) is 12. The first kappa shape index (κ1) is 41.7. The number of amides is 2. The van der Waals surface area contributed by atoms with Crippen LogP contribution in [0.4, 0.5) is 4.79 Å². The van der Waals surface area contributed by atoms with Crippen LogP contribution in [-0.2, 0) is 42.8 Å². The van der Waals surface area contributed by atoms with Gasteiger partial charge >= 0.3 is 18.0 Å². The largest absolute Gasteiger partial charge is 0.453 e. The second kappa shape index (κ2) is 18.7. The number of alkyl carbamates (subject to hydrolysis) is 1. The van der Waals surface area contributed by atoms with Crippen LogP contribution in [0.1, 0.15) is 63.0 Å². The van der Waals surface area contributed by atoms with E-state index in [1.807, 2.05) is 54.6 Å². The van der Waals surface area contributed by atoms with Crippen molar-refractivity contribution in [3.8, 4) is 11.1 Å². The molecular weight excluding hydrogens is 797 g/mol. The Morgan fingerprint density at radius 1 is 0.694 bits per heavy atom. The topological polar surface area (TPSA) is 182 Å². The van der Waals surface area contributed by atoms with E-state index in [1.165, 1.54) is 19.1 Å². The number of rotatable bonds is 13. The molecule has 0 spiro atoms. The summed E-state index contributed by atoms with van der Waals surface area (Å²) < 4.78 is 36.1. The zero-order chi connectivity index (χ0) is 43.2. The highest BCUT2D eigenvalue weighted by Gasteiger charge is 2.54. The van der Waals surface area contributed by atoms with Gasteiger partial charge in [-0.25, -0.2) is 14.4 Å². The number of carbonyl (C=O) groups excluding carboxylic acids is 6. The van der Waals surface area contributed by atoms with Crippen molar-refractivity contribution >= 4 is 35.5 Å². The Hall–Kier alpha value is -7.00. The van der Waals surface area contributed by atoms with E-state index in [4.69, 9.17) is 28.4 Å². The minimum absolute atomic E-state index is 0.129. The van der Waals surface area contributed by atoms with E-state index in [2.05, 4.69) is 10.6 Å². The zero-order valence-electron chi connectivity index (χ0n) is 33.4. The van der Waals surface area contributed by atoms with Gasteiger partial charge in [0.1, 0.15) is 24.9 Å². The van der Waals surface area contributed by atoms with E-state index < -0.39 is 84.9 Å². The fourth-order valence-electron chi connectivity index (χ4n) is 7.94. The molecule has 14 nitrogen and oxygen atoms in total. The van der Waals surface area contributed by atoms with Gasteiger partial charge in [-0.15, -0.1) is 0 Å². The summed E-state index contributed by atoms with van der Waals surface area (Å²) in [4.78, 5) is 81.5. The average molecular weight is 839 g/mol. The van der Waals surface area contributed by atoms with E-state index in [-0.39, 0.29) is 30.3 Å². The lowest BCUT2D eigenvalue weighted by atomic mass is 9.95. The third-order valence-corrected chi connectivity index (χ3v) is 10.9. The maximum Gasteiger partial charge on any atom is 0.408 e. The fourth-order valence-corrected chi connectivity index (χ4v) is 7.94. The molecule has 0 aromatic heterocycles. The molecular formula is C48H42N2O12. The number of fused-ring (bicyclic) bond motifs is 4. The van der Waals surface area contributed by atoms with Crippen LogP contribution < -0.4 is 10.6 Å². The number of carbonyl (C=O) groups is 6. The van der Waals surface area contributed by atoms with Crippen LogP contribution in [0.3, 0.4) is 0 Å². The van der Waals surface area contributed by atoms with E-state index >= 15 is 0 Å². The molecule has 5 aromatic carbocycles. The molecule has 2 heterocycles. The van der Waals surface area contributed by atoms with Crippen molar-refractivity contribution in [3.05, 3.63) is 167 Å². The molecule has 2 aliphatic heterocycles. The van der Waals surface area contributed by atoms with Gasteiger partial charge in [0.15, 0.2) is 30.0 Å². The van der Waals surface area contributed by atoms with Crippen molar-refractivity contribution in [2.45, 2.75) is 62.2 Å². The second-order valence-corrected chi connectivity index (χ2v) is 15.0. The van der Waals surface area contributed by atoms with Crippen molar-refractivity contribution in [2.75, 3.05) is 13.2 Å². The minimum Gasteiger partial charge on any atom is -0.453 e. The van der Waals surface area contributed by atoms with Gasteiger partial charge in [-0.2, -0.15) is 0 Å². The van der Waals surface area contributed by atoms with Gasteiger partial charge in [0.2, 0.25) is 12.2 Å². The van der Waals surface area contributed by atoms with E-state index in [1.54, 1.807) is 72.8 Å². The van der Waals surface area contributed by atoms with Crippen molar-refractivity contribution in [1.82, 2.24) is 10.6 Å². The van der Waals surface area contributed by atoms with Gasteiger partial charge in [0.25, 0.3) is 0 Å². The summed E-state index contributed by atoms with van der Waals surface area (Å²) in [6.07, 6.45) is -8.01. The van der Waals surface area contributed by atoms with E-state index in [0.717, 1.165) is 22.3 Å². The van der Waals surface area contributed by atoms with Crippen LogP contribution >= 0.6 is 0 Å². The van der Waals surface area contributed by atoms with Crippen molar-refractivity contribution in [1.29, 1.82) is 0 Å². The summed E-state index contributed by atoms with van der Waals surface area (Å²) >= 11 is 0. The van der Waals surface area contributed by atoms with Crippen molar-refractivity contribution in [2.24, 2.45) is 0 Å². The third kappa shape index (κ3) is 9.17. The van der Waals surface area contributed by atoms with E-state index in [9.17, 15) is 28.8 Å². The Bertz CT molecular complexity index is 2400. The van der Waals surface area contributed by atoms with Crippen LogP contribution in [0.2, 0.25) is 0 Å². The Morgan fingerprint density at radius 2 is 1.27 bits per heavy atom. The minimum atomic E-state index is -2.08. The lowest BCUT2D eigenvalue weighted by molar-refractivity contribution is -0.338. The summed E-state index contributed by atoms with van der Waals surface area (Å²) in [6.45, 7) is 0.936. The maximum absolute atomic E-state index is 14.3. The number of nitrogens with one attached hydrogen (secondary N) is 2.